The first kappa shape index (κ1) is 29.2. The lowest BCUT2D eigenvalue weighted by Gasteiger charge is -2.27. The standard InChI is InChI=1S/C34H36Cl2N4OS/c1-2-3-19-39(34(41)33-32(36)27-16-15-26(35)20-30(27)42-33)23-31-37-28-13-7-8-14-29(28)40(31)22-25-12-6-5-11-24(25)21-38-17-9-4-10-18-38/h5-8,11-16,20H,2-4,9-10,17-19,21-23H2,1H3. The van der Waals surface area contributed by atoms with E-state index in [9.17, 15) is 4.79 Å². The maximum atomic E-state index is 14.1. The number of amides is 1. The van der Waals surface area contributed by atoms with Gasteiger partial charge in [0.25, 0.3) is 5.91 Å². The molecule has 1 aliphatic rings. The van der Waals surface area contributed by atoms with Crippen molar-refractivity contribution in [3.63, 3.8) is 0 Å². The molecule has 218 valence electrons. The second kappa shape index (κ2) is 13.2. The number of benzene rings is 3. The van der Waals surface area contributed by atoms with Crippen LogP contribution in [0, 0.1) is 0 Å². The smallest absolute Gasteiger partial charge is 0.265 e. The summed E-state index contributed by atoms with van der Waals surface area (Å²) in [7, 11) is 0. The monoisotopic (exact) mass is 618 g/mol. The highest BCUT2D eigenvalue weighted by Crippen LogP contribution is 2.37. The largest absolute Gasteiger partial charge is 0.330 e. The Labute approximate surface area is 261 Å². The molecule has 0 unspecified atom stereocenters. The highest BCUT2D eigenvalue weighted by Gasteiger charge is 2.25. The first-order valence-electron chi connectivity index (χ1n) is 14.9. The maximum absolute atomic E-state index is 14.1. The van der Waals surface area contributed by atoms with Gasteiger partial charge in [-0.05, 0) is 67.7 Å². The van der Waals surface area contributed by atoms with Crippen molar-refractivity contribution in [3.05, 3.63) is 98.6 Å². The number of aromatic nitrogens is 2. The van der Waals surface area contributed by atoms with E-state index in [0.717, 1.165) is 59.4 Å². The number of hydrogen-bond acceptors (Lipinski definition) is 4. The molecule has 3 heterocycles. The molecular formula is C34H36Cl2N4OS. The Kier molecular flexibility index (Phi) is 9.15. The summed E-state index contributed by atoms with van der Waals surface area (Å²) in [5, 5.41) is 2.00. The van der Waals surface area contributed by atoms with Gasteiger partial charge < -0.3 is 9.47 Å². The summed E-state index contributed by atoms with van der Waals surface area (Å²) in [5.41, 5.74) is 4.68. The first-order valence-corrected chi connectivity index (χ1v) is 16.5. The van der Waals surface area contributed by atoms with Gasteiger partial charge in [-0.1, -0.05) is 85.4 Å². The maximum Gasteiger partial charge on any atom is 0.265 e. The third-order valence-electron chi connectivity index (χ3n) is 8.21. The predicted octanol–water partition coefficient (Wildman–Crippen LogP) is 9.03. The Morgan fingerprint density at radius 1 is 0.952 bits per heavy atom. The Hall–Kier alpha value is -2.90. The average Bonchev–Trinajstić information content (AvgIpc) is 3.52. The van der Waals surface area contributed by atoms with E-state index >= 15 is 0 Å². The summed E-state index contributed by atoms with van der Waals surface area (Å²) in [4.78, 5) is 24.2. The van der Waals surface area contributed by atoms with E-state index in [1.54, 1.807) is 0 Å². The second-order valence-corrected chi connectivity index (χ2v) is 13.0. The number of thiophene rings is 1. The zero-order valence-corrected chi connectivity index (χ0v) is 26.3. The van der Waals surface area contributed by atoms with Crippen LogP contribution in [-0.2, 0) is 19.6 Å². The highest BCUT2D eigenvalue weighted by atomic mass is 35.5. The molecule has 0 saturated carbocycles. The third-order valence-corrected chi connectivity index (χ3v) is 10.1. The Morgan fingerprint density at radius 3 is 2.48 bits per heavy atom. The summed E-state index contributed by atoms with van der Waals surface area (Å²) in [6, 6.07) is 22.6. The number of unbranched alkanes of at least 4 members (excludes halogenated alkanes) is 1. The minimum absolute atomic E-state index is 0.0603. The number of piperidine rings is 1. The quantitative estimate of drug-likeness (QED) is 0.157. The van der Waals surface area contributed by atoms with Crippen LogP contribution in [0.5, 0.6) is 0 Å². The van der Waals surface area contributed by atoms with Gasteiger partial charge in [0, 0.05) is 34.7 Å². The van der Waals surface area contributed by atoms with E-state index in [0.29, 0.717) is 34.6 Å². The summed E-state index contributed by atoms with van der Waals surface area (Å²) in [5.74, 6) is 0.823. The van der Waals surface area contributed by atoms with Crippen molar-refractivity contribution < 1.29 is 4.79 Å². The molecule has 0 aliphatic carbocycles. The van der Waals surface area contributed by atoms with Gasteiger partial charge in [-0.2, -0.15) is 0 Å². The molecule has 6 rings (SSSR count). The molecule has 8 heteroatoms. The number of imidazole rings is 1. The molecule has 5 aromatic rings. The molecule has 0 spiro atoms. The lowest BCUT2D eigenvalue weighted by Crippen LogP contribution is -2.32. The van der Waals surface area contributed by atoms with Crippen molar-refractivity contribution in [2.45, 2.75) is 58.7 Å². The van der Waals surface area contributed by atoms with Crippen molar-refractivity contribution in [2.75, 3.05) is 19.6 Å². The van der Waals surface area contributed by atoms with Crippen LogP contribution in [0.15, 0.2) is 66.7 Å². The topological polar surface area (TPSA) is 41.4 Å². The van der Waals surface area contributed by atoms with Crippen LogP contribution >= 0.6 is 34.5 Å². The number of hydrogen-bond donors (Lipinski definition) is 0. The molecule has 1 fully saturated rings. The van der Waals surface area contributed by atoms with Crippen molar-refractivity contribution >= 4 is 61.6 Å². The Balaban J connectivity index is 1.34. The van der Waals surface area contributed by atoms with Gasteiger partial charge >= 0.3 is 0 Å². The number of likely N-dealkylation sites (tertiary alicyclic amines) is 1. The van der Waals surface area contributed by atoms with E-state index in [4.69, 9.17) is 28.2 Å². The predicted molar refractivity (Wildman–Crippen MR) is 176 cm³/mol. The lowest BCUT2D eigenvalue weighted by atomic mass is 10.0. The fourth-order valence-electron chi connectivity index (χ4n) is 5.91. The molecule has 42 heavy (non-hydrogen) atoms. The first-order chi connectivity index (χ1) is 20.5. The summed E-state index contributed by atoms with van der Waals surface area (Å²) < 4.78 is 3.21. The number of halogens is 2. The van der Waals surface area contributed by atoms with Gasteiger partial charge in [-0.3, -0.25) is 9.69 Å². The molecule has 0 atom stereocenters. The minimum atomic E-state index is -0.0603. The molecule has 0 N–H and O–H groups in total. The van der Waals surface area contributed by atoms with Crippen molar-refractivity contribution in [2.24, 2.45) is 0 Å². The molecular weight excluding hydrogens is 583 g/mol. The fourth-order valence-corrected chi connectivity index (χ4v) is 7.67. The second-order valence-electron chi connectivity index (χ2n) is 11.2. The van der Waals surface area contributed by atoms with Gasteiger partial charge in [-0.25, -0.2) is 4.98 Å². The highest BCUT2D eigenvalue weighted by molar-refractivity contribution is 7.21. The number of para-hydroxylation sites is 2. The summed E-state index contributed by atoms with van der Waals surface area (Å²) in [6.45, 7) is 7.18. The summed E-state index contributed by atoms with van der Waals surface area (Å²) >= 11 is 14.4. The Morgan fingerprint density at radius 2 is 1.69 bits per heavy atom. The fraction of sp³-hybridized carbons (Fsp3) is 0.353. The van der Waals surface area contributed by atoms with Gasteiger partial charge in [-0.15, -0.1) is 11.3 Å². The van der Waals surface area contributed by atoms with Gasteiger partial charge in [0.1, 0.15) is 10.7 Å². The Bertz CT molecular complexity index is 1700. The molecule has 3 aromatic carbocycles. The van der Waals surface area contributed by atoms with Crippen LogP contribution in [-0.4, -0.2) is 44.9 Å². The summed E-state index contributed by atoms with van der Waals surface area (Å²) in [6.07, 6.45) is 5.77. The van der Waals surface area contributed by atoms with E-state index < -0.39 is 0 Å². The van der Waals surface area contributed by atoms with Crippen molar-refractivity contribution in [1.29, 1.82) is 0 Å². The zero-order chi connectivity index (χ0) is 29.1. The van der Waals surface area contributed by atoms with Crippen molar-refractivity contribution in [3.8, 4) is 0 Å². The van der Waals surface area contributed by atoms with Crippen LogP contribution in [0.25, 0.3) is 21.1 Å². The van der Waals surface area contributed by atoms with Gasteiger partial charge in [0.15, 0.2) is 0 Å². The van der Waals surface area contributed by atoms with Crippen LogP contribution < -0.4 is 0 Å². The van der Waals surface area contributed by atoms with Gasteiger partial charge in [0.05, 0.1) is 22.6 Å². The van der Waals surface area contributed by atoms with Crippen LogP contribution in [0.1, 0.15) is 65.7 Å². The number of nitrogens with zero attached hydrogens (tertiary/aromatic N) is 4. The van der Waals surface area contributed by atoms with Crippen LogP contribution in [0.2, 0.25) is 10.0 Å². The lowest BCUT2D eigenvalue weighted by molar-refractivity contribution is 0.0740. The number of fused-ring (bicyclic) bond motifs is 2. The number of carbonyl (C=O) groups is 1. The van der Waals surface area contributed by atoms with Gasteiger partial charge in [0.2, 0.25) is 0 Å². The van der Waals surface area contributed by atoms with Crippen LogP contribution in [0.3, 0.4) is 0 Å². The number of carbonyl (C=O) groups excluding carboxylic acids is 1. The van der Waals surface area contributed by atoms with E-state index in [1.165, 1.54) is 41.7 Å². The molecule has 5 nitrogen and oxygen atoms in total. The van der Waals surface area contributed by atoms with E-state index in [-0.39, 0.29) is 5.91 Å². The van der Waals surface area contributed by atoms with Crippen molar-refractivity contribution in [1.82, 2.24) is 19.4 Å². The van der Waals surface area contributed by atoms with E-state index in [1.807, 2.05) is 29.2 Å². The number of rotatable bonds is 10. The molecule has 1 aliphatic heterocycles. The van der Waals surface area contributed by atoms with E-state index in [2.05, 4.69) is 58.9 Å². The minimum Gasteiger partial charge on any atom is -0.330 e. The molecule has 2 aromatic heterocycles. The molecule has 0 radical (unpaired) electrons. The van der Waals surface area contributed by atoms with Crippen LogP contribution in [0.4, 0.5) is 0 Å². The molecule has 1 saturated heterocycles. The normalized spacial score (nSPS) is 14.2. The third kappa shape index (κ3) is 6.23. The zero-order valence-electron chi connectivity index (χ0n) is 24.0. The molecule has 0 bridgehead atoms. The SMILES string of the molecule is CCCCN(Cc1nc2ccccc2n1Cc1ccccc1CN1CCCCC1)C(=O)c1sc2cc(Cl)ccc2c1Cl. The average molecular weight is 620 g/mol. The molecule has 1 amide bonds.